The van der Waals surface area contributed by atoms with Gasteiger partial charge in [0, 0.05) is 19.0 Å². The van der Waals surface area contributed by atoms with Crippen LogP contribution in [-0.2, 0) is 0 Å². The molecule has 1 saturated heterocycles. The highest BCUT2D eigenvalue weighted by molar-refractivity contribution is 5.94. The van der Waals surface area contributed by atoms with Crippen LogP contribution in [0.15, 0.2) is 35.0 Å². The first-order valence-electron chi connectivity index (χ1n) is 8.15. The van der Waals surface area contributed by atoms with Gasteiger partial charge in [0.25, 0.3) is 5.91 Å². The van der Waals surface area contributed by atoms with E-state index in [2.05, 4.69) is 5.16 Å². The van der Waals surface area contributed by atoms with Crippen molar-refractivity contribution < 1.29 is 18.8 Å². The lowest BCUT2D eigenvalue weighted by Crippen LogP contribution is -2.41. The first-order chi connectivity index (χ1) is 11.7. The van der Waals surface area contributed by atoms with Gasteiger partial charge in [0.15, 0.2) is 0 Å². The zero-order valence-electron chi connectivity index (χ0n) is 14.0. The molecule has 0 radical (unpaired) electrons. The molecule has 0 aliphatic carbocycles. The lowest BCUT2D eigenvalue weighted by molar-refractivity contribution is 0.0631. The van der Waals surface area contributed by atoms with Crippen LogP contribution in [0.1, 0.15) is 29.0 Å². The first-order valence-corrected chi connectivity index (χ1v) is 8.15. The van der Waals surface area contributed by atoms with Crippen molar-refractivity contribution in [2.24, 2.45) is 5.92 Å². The Morgan fingerprint density at radius 2 is 2.08 bits per heavy atom. The highest BCUT2D eigenvalue weighted by Gasteiger charge is 2.27. The third kappa shape index (κ3) is 3.69. The number of aryl methyl sites for hydroxylation is 1. The Balaban J connectivity index is 1.55. The lowest BCUT2D eigenvalue weighted by atomic mass is 9.98. The van der Waals surface area contributed by atoms with E-state index in [1.165, 1.54) is 6.20 Å². The quantitative estimate of drug-likeness (QED) is 0.843. The minimum Gasteiger partial charge on any atom is -0.497 e. The summed E-state index contributed by atoms with van der Waals surface area (Å²) < 4.78 is 16.0. The molecule has 1 amide bonds. The van der Waals surface area contributed by atoms with Crippen LogP contribution in [0.4, 0.5) is 0 Å². The molecule has 1 aromatic carbocycles. The summed E-state index contributed by atoms with van der Waals surface area (Å²) in [7, 11) is 1.64. The fourth-order valence-corrected chi connectivity index (χ4v) is 2.95. The normalized spacial score (nSPS) is 17.6. The number of aromatic nitrogens is 1. The van der Waals surface area contributed by atoms with Gasteiger partial charge in [-0.25, -0.2) is 0 Å². The second kappa shape index (κ2) is 7.38. The summed E-state index contributed by atoms with van der Waals surface area (Å²) in [5.74, 6) is 2.50. The molecule has 0 saturated carbocycles. The summed E-state index contributed by atoms with van der Waals surface area (Å²) in [6.45, 7) is 3.81. The van der Waals surface area contributed by atoms with E-state index in [1.54, 1.807) is 14.0 Å². The van der Waals surface area contributed by atoms with E-state index in [-0.39, 0.29) is 5.91 Å². The van der Waals surface area contributed by atoms with Gasteiger partial charge >= 0.3 is 0 Å². The molecule has 1 aliphatic heterocycles. The van der Waals surface area contributed by atoms with Gasteiger partial charge < -0.3 is 18.9 Å². The van der Waals surface area contributed by atoms with E-state index in [1.807, 2.05) is 29.2 Å². The van der Waals surface area contributed by atoms with Crippen molar-refractivity contribution in [2.45, 2.75) is 19.8 Å². The average Bonchev–Trinajstić information content (AvgIpc) is 3.06. The van der Waals surface area contributed by atoms with Crippen molar-refractivity contribution in [1.29, 1.82) is 0 Å². The predicted molar refractivity (Wildman–Crippen MR) is 88.4 cm³/mol. The van der Waals surface area contributed by atoms with Crippen molar-refractivity contribution in [3.63, 3.8) is 0 Å². The van der Waals surface area contributed by atoms with Gasteiger partial charge in [0.2, 0.25) is 0 Å². The fourth-order valence-electron chi connectivity index (χ4n) is 2.95. The Morgan fingerprint density at radius 3 is 2.75 bits per heavy atom. The number of nitrogens with zero attached hydrogens (tertiary/aromatic N) is 2. The zero-order chi connectivity index (χ0) is 16.9. The maximum Gasteiger partial charge on any atom is 0.259 e. The Kier molecular flexibility index (Phi) is 5.03. The number of carbonyl (C=O) groups is 1. The molecule has 24 heavy (non-hydrogen) atoms. The Morgan fingerprint density at radius 1 is 1.33 bits per heavy atom. The van der Waals surface area contributed by atoms with Crippen LogP contribution in [0.25, 0.3) is 0 Å². The van der Waals surface area contributed by atoms with Crippen molar-refractivity contribution in [3.05, 3.63) is 41.8 Å². The standard InChI is InChI=1S/C18H22N2O4/c1-13-17(10-19-24-13)18(21)20-9-3-4-14(11-20)12-23-16-7-5-15(22-2)6-8-16/h5-8,10,14H,3-4,9,11-12H2,1-2H3/t14-/m0/s1. The maximum absolute atomic E-state index is 12.5. The summed E-state index contributed by atoms with van der Waals surface area (Å²) in [4.78, 5) is 14.4. The fraction of sp³-hybridized carbons (Fsp3) is 0.444. The summed E-state index contributed by atoms with van der Waals surface area (Å²) in [5.41, 5.74) is 0.548. The molecule has 1 atom stereocenters. The number of benzene rings is 1. The monoisotopic (exact) mass is 330 g/mol. The molecular weight excluding hydrogens is 308 g/mol. The number of methoxy groups -OCH3 is 1. The number of ether oxygens (including phenoxy) is 2. The number of piperidine rings is 1. The van der Waals surface area contributed by atoms with Crippen molar-refractivity contribution >= 4 is 5.91 Å². The van der Waals surface area contributed by atoms with Crippen LogP contribution >= 0.6 is 0 Å². The average molecular weight is 330 g/mol. The van der Waals surface area contributed by atoms with E-state index in [0.717, 1.165) is 30.9 Å². The Bertz CT molecular complexity index is 681. The summed E-state index contributed by atoms with van der Waals surface area (Å²) in [5, 5.41) is 3.69. The molecular formula is C18H22N2O4. The molecule has 128 valence electrons. The topological polar surface area (TPSA) is 64.8 Å². The molecule has 0 spiro atoms. The largest absolute Gasteiger partial charge is 0.497 e. The minimum absolute atomic E-state index is 0.0112. The number of hydrogen-bond donors (Lipinski definition) is 0. The molecule has 2 aromatic rings. The predicted octanol–water partition coefficient (Wildman–Crippen LogP) is 2.92. The summed E-state index contributed by atoms with van der Waals surface area (Å²) in [6.07, 6.45) is 3.53. The van der Waals surface area contributed by atoms with Crippen LogP contribution in [0, 0.1) is 12.8 Å². The molecule has 6 nitrogen and oxygen atoms in total. The number of likely N-dealkylation sites (tertiary alicyclic amines) is 1. The summed E-state index contributed by atoms with van der Waals surface area (Å²) >= 11 is 0. The van der Waals surface area contributed by atoms with E-state index >= 15 is 0 Å². The second-order valence-electron chi connectivity index (χ2n) is 6.04. The Hall–Kier alpha value is -2.50. The molecule has 2 heterocycles. The van der Waals surface area contributed by atoms with Gasteiger partial charge in [0.1, 0.15) is 22.8 Å². The van der Waals surface area contributed by atoms with Crippen molar-refractivity contribution in [1.82, 2.24) is 10.1 Å². The lowest BCUT2D eigenvalue weighted by Gasteiger charge is -2.32. The van der Waals surface area contributed by atoms with Gasteiger partial charge in [-0.2, -0.15) is 0 Å². The summed E-state index contributed by atoms with van der Waals surface area (Å²) in [6, 6.07) is 7.54. The smallest absolute Gasteiger partial charge is 0.259 e. The highest BCUT2D eigenvalue weighted by atomic mass is 16.5. The molecule has 3 rings (SSSR count). The SMILES string of the molecule is COc1ccc(OC[C@H]2CCCN(C(=O)c3cnoc3C)C2)cc1. The number of rotatable bonds is 5. The van der Waals surface area contributed by atoms with Gasteiger partial charge in [-0.15, -0.1) is 0 Å². The Labute approximate surface area is 141 Å². The zero-order valence-corrected chi connectivity index (χ0v) is 14.0. The number of hydrogen-bond acceptors (Lipinski definition) is 5. The van der Waals surface area contributed by atoms with Crippen LogP contribution in [0.3, 0.4) is 0 Å². The van der Waals surface area contributed by atoms with Gasteiger partial charge in [-0.1, -0.05) is 5.16 Å². The molecule has 1 aromatic heterocycles. The number of carbonyl (C=O) groups excluding carboxylic acids is 1. The molecule has 0 unspecified atom stereocenters. The molecule has 0 bridgehead atoms. The second-order valence-corrected chi connectivity index (χ2v) is 6.04. The van der Waals surface area contributed by atoms with E-state index in [9.17, 15) is 4.79 Å². The molecule has 1 fully saturated rings. The van der Waals surface area contributed by atoms with E-state index in [4.69, 9.17) is 14.0 Å². The third-order valence-electron chi connectivity index (χ3n) is 4.33. The van der Waals surface area contributed by atoms with Gasteiger partial charge in [-0.05, 0) is 44.0 Å². The minimum atomic E-state index is -0.0112. The third-order valence-corrected chi connectivity index (χ3v) is 4.33. The molecule has 0 N–H and O–H groups in total. The van der Waals surface area contributed by atoms with Crippen molar-refractivity contribution in [2.75, 3.05) is 26.8 Å². The highest BCUT2D eigenvalue weighted by Crippen LogP contribution is 2.22. The van der Waals surface area contributed by atoms with E-state index < -0.39 is 0 Å². The van der Waals surface area contributed by atoms with Crippen LogP contribution in [0.2, 0.25) is 0 Å². The van der Waals surface area contributed by atoms with Crippen LogP contribution in [-0.4, -0.2) is 42.8 Å². The molecule has 1 aliphatic rings. The molecule has 6 heteroatoms. The van der Waals surface area contributed by atoms with Gasteiger partial charge in [0.05, 0.1) is 19.9 Å². The first kappa shape index (κ1) is 16.4. The van der Waals surface area contributed by atoms with Crippen LogP contribution in [0.5, 0.6) is 11.5 Å². The maximum atomic E-state index is 12.5. The number of amides is 1. The van der Waals surface area contributed by atoms with E-state index in [0.29, 0.717) is 30.4 Å². The van der Waals surface area contributed by atoms with Crippen LogP contribution < -0.4 is 9.47 Å². The van der Waals surface area contributed by atoms with Gasteiger partial charge in [-0.3, -0.25) is 4.79 Å². The van der Waals surface area contributed by atoms with Crippen molar-refractivity contribution in [3.8, 4) is 11.5 Å².